The zero-order valence-corrected chi connectivity index (χ0v) is 10.8. The molecule has 0 bridgehead atoms. The van der Waals surface area contributed by atoms with E-state index in [1.807, 2.05) is 0 Å². The molecule has 1 aliphatic heterocycles. The molecule has 0 unspecified atom stereocenters. The van der Waals surface area contributed by atoms with E-state index in [1.54, 1.807) is 29.2 Å². The van der Waals surface area contributed by atoms with Gasteiger partial charge in [0.2, 0.25) is 0 Å². The summed E-state index contributed by atoms with van der Waals surface area (Å²) in [7, 11) is 0. The zero-order valence-electron chi connectivity index (χ0n) is 10.0. The number of hydrogen-bond donors (Lipinski definition) is 1. The second-order valence-corrected chi connectivity index (χ2v) is 4.74. The van der Waals surface area contributed by atoms with Gasteiger partial charge in [0.25, 0.3) is 5.91 Å². The van der Waals surface area contributed by atoms with E-state index in [2.05, 4.69) is 0 Å². The van der Waals surface area contributed by atoms with Gasteiger partial charge in [-0.1, -0.05) is 11.6 Å². The van der Waals surface area contributed by atoms with Crippen LogP contribution in [0.3, 0.4) is 0 Å². The standard InChI is InChI=1S/C13H16ClNO3/c14-10-3-5-12(6-4-10)18-9-13(17)15-7-1-2-11(15)8-16/h3-6,11,16H,1-2,7-9H2/t11-/m0/s1. The average molecular weight is 270 g/mol. The number of hydrogen-bond acceptors (Lipinski definition) is 3. The van der Waals surface area contributed by atoms with Crippen LogP contribution in [0.15, 0.2) is 24.3 Å². The Morgan fingerprint density at radius 1 is 1.44 bits per heavy atom. The van der Waals surface area contributed by atoms with Crippen LogP contribution >= 0.6 is 11.6 Å². The van der Waals surface area contributed by atoms with Gasteiger partial charge in [-0.2, -0.15) is 0 Å². The molecular formula is C13H16ClNO3. The summed E-state index contributed by atoms with van der Waals surface area (Å²) in [4.78, 5) is 13.6. The summed E-state index contributed by atoms with van der Waals surface area (Å²) < 4.78 is 5.40. The summed E-state index contributed by atoms with van der Waals surface area (Å²) in [6, 6.07) is 6.83. The molecule has 4 nitrogen and oxygen atoms in total. The molecule has 1 fully saturated rings. The molecule has 0 saturated carbocycles. The van der Waals surface area contributed by atoms with Crippen molar-refractivity contribution in [2.75, 3.05) is 19.8 Å². The molecule has 1 atom stereocenters. The van der Waals surface area contributed by atoms with Crippen LogP contribution in [0, 0.1) is 0 Å². The fourth-order valence-electron chi connectivity index (χ4n) is 2.11. The first kappa shape index (κ1) is 13.2. The maximum Gasteiger partial charge on any atom is 0.260 e. The van der Waals surface area contributed by atoms with Crippen LogP contribution in [0.2, 0.25) is 5.02 Å². The Morgan fingerprint density at radius 3 is 2.83 bits per heavy atom. The topological polar surface area (TPSA) is 49.8 Å². The number of rotatable bonds is 4. The second kappa shape index (κ2) is 6.07. The fraction of sp³-hybridized carbons (Fsp3) is 0.462. The maximum absolute atomic E-state index is 11.9. The molecule has 1 heterocycles. The molecule has 98 valence electrons. The number of nitrogens with zero attached hydrogens (tertiary/aromatic N) is 1. The van der Waals surface area contributed by atoms with Gasteiger partial charge in [-0.15, -0.1) is 0 Å². The van der Waals surface area contributed by atoms with Crippen molar-refractivity contribution in [1.82, 2.24) is 4.90 Å². The van der Waals surface area contributed by atoms with Gasteiger partial charge >= 0.3 is 0 Å². The van der Waals surface area contributed by atoms with E-state index in [1.165, 1.54) is 0 Å². The van der Waals surface area contributed by atoms with Crippen molar-refractivity contribution in [2.45, 2.75) is 18.9 Å². The van der Waals surface area contributed by atoms with Crippen LogP contribution in [0.1, 0.15) is 12.8 Å². The number of aliphatic hydroxyl groups excluding tert-OH is 1. The van der Waals surface area contributed by atoms with E-state index in [0.29, 0.717) is 17.3 Å². The lowest BCUT2D eigenvalue weighted by Gasteiger charge is -2.22. The van der Waals surface area contributed by atoms with Gasteiger partial charge in [0.1, 0.15) is 5.75 Å². The summed E-state index contributed by atoms with van der Waals surface area (Å²) in [5.41, 5.74) is 0. The summed E-state index contributed by atoms with van der Waals surface area (Å²) in [5, 5.41) is 9.78. The van der Waals surface area contributed by atoms with Gasteiger partial charge in [-0.05, 0) is 37.1 Å². The van der Waals surface area contributed by atoms with Crippen molar-refractivity contribution in [3.05, 3.63) is 29.3 Å². The highest BCUT2D eigenvalue weighted by Crippen LogP contribution is 2.18. The summed E-state index contributed by atoms with van der Waals surface area (Å²) in [6.07, 6.45) is 1.81. The number of carbonyl (C=O) groups is 1. The molecule has 0 aromatic heterocycles. The molecule has 1 N–H and O–H groups in total. The van der Waals surface area contributed by atoms with Gasteiger partial charge in [0.05, 0.1) is 12.6 Å². The van der Waals surface area contributed by atoms with E-state index < -0.39 is 0 Å². The first-order valence-electron chi connectivity index (χ1n) is 5.99. The van der Waals surface area contributed by atoms with Crippen LogP contribution in [0.5, 0.6) is 5.75 Å². The minimum atomic E-state index is -0.0819. The smallest absolute Gasteiger partial charge is 0.260 e. The number of carbonyl (C=O) groups excluding carboxylic acids is 1. The van der Waals surface area contributed by atoms with Gasteiger partial charge < -0.3 is 14.7 Å². The molecule has 1 aromatic rings. The lowest BCUT2D eigenvalue weighted by molar-refractivity contribution is -0.134. The Bertz CT molecular complexity index is 407. The molecule has 5 heteroatoms. The lowest BCUT2D eigenvalue weighted by Crippen LogP contribution is -2.40. The first-order valence-corrected chi connectivity index (χ1v) is 6.37. The molecule has 1 aromatic carbocycles. The largest absolute Gasteiger partial charge is 0.484 e. The van der Waals surface area contributed by atoms with E-state index >= 15 is 0 Å². The van der Waals surface area contributed by atoms with Crippen LogP contribution in [-0.4, -0.2) is 41.7 Å². The lowest BCUT2D eigenvalue weighted by atomic mass is 10.2. The molecule has 2 rings (SSSR count). The number of halogens is 1. The normalized spacial score (nSPS) is 19.0. The van der Waals surface area contributed by atoms with E-state index in [9.17, 15) is 4.79 Å². The summed E-state index contributed by atoms with van der Waals surface area (Å²) in [5.74, 6) is 0.536. The summed E-state index contributed by atoms with van der Waals surface area (Å²) >= 11 is 5.76. The van der Waals surface area contributed by atoms with Crippen molar-refractivity contribution < 1.29 is 14.6 Å². The van der Waals surface area contributed by atoms with Crippen molar-refractivity contribution in [2.24, 2.45) is 0 Å². The monoisotopic (exact) mass is 269 g/mol. The SMILES string of the molecule is O=C(COc1ccc(Cl)cc1)N1CCC[C@H]1CO. The van der Waals surface area contributed by atoms with Gasteiger partial charge in [-0.3, -0.25) is 4.79 Å². The Morgan fingerprint density at radius 2 is 2.17 bits per heavy atom. The Labute approximate surface area is 111 Å². The molecule has 1 saturated heterocycles. The molecule has 0 radical (unpaired) electrons. The predicted molar refractivity (Wildman–Crippen MR) is 68.8 cm³/mol. The number of likely N-dealkylation sites (tertiary alicyclic amines) is 1. The van der Waals surface area contributed by atoms with E-state index in [0.717, 1.165) is 12.8 Å². The Hall–Kier alpha value is -1.26. The van der Waals surface area contributed by atoms with Crippen molar-refractivity contribution in [1.29, 1.82) is 0 Å². The highest BCUT2D eigenvalue weighted by atomic mass is 35.5. The third-order valence-corrected chi connectivity index (χ3v) is 3.34. The fourth-order valence-corrected chi connectivity index (χ4v) is 2.24. The van der Waals surface area contributed by atoms with Gasteiger partial charge in [0, 0.05) is 11.6 Å². The van der Waals surface area contributed by atoms with Gasteiger partial charge in [-0.25, -0.2) is 0 Å². The average Bonchev–Trinajstić information content (AvgIpc) is 2.86. The minimum Gasteiger partial charge on any atom is -0.484 e. The second-order valence-electron chi connectivity index (χ2n) is 4.31. The molecule has 1 amide bonds. The molecule has 1 aliphatic rings. The Balaban J connectivity index is 1.86. The third-order valence-electron chi connectivity index (χ3n) is 3.08. The van der Waals surface area contributed by atoms with Crippen molar-refractivity contribution >= 4 is 17.5 Å². The molecule has 0 aliphatic carbocycles. The third kappa shape index (κ3) is 3.15. The number of amides is 1. The maximum atomic E-state index is 11.9. The van der Waals surface area contributed by atoms with Crippen molar-refractivity contribution in [3.63, 3.8) is 0 Å². The molecule has 18 heavy (non-hydrogen) atoms. The quantitative estimate of drug-likeness (QED) is 0.905. The van der Waals surface area contributed by atoms with E-state index in [-0.39, 0.29) is 25.2 Å². The molecular weight excluding hydrogens is 254 g/mol. The minimum absolute atomic E-state index is 0.00185. The predicted octanol–water partition coefficient (Wildman–Crippen LogP) is 1.70. The van der Waals surface area contributed by atoms with Gasteiger partial charge in [0.15, 0.2) is 6.61 Å². The van der Waals surface area contributed by atoms with Crippen LogP contribution in [0.25, 0.3) is 0 Å². The number of benzene rings is 1. The highest BCUT2D eigenvalue weighted by Gasteiger charge is 2.27. The summed E-state index contributed by atoms with van der Waals surface area (Å²) in [6.45, 7) is 0.721. The van der Waals surface area contributed by atoms with E-state index in [4.69, 9.17) is 21.4 Å². The highest BCUT2D eigenvalue weighted by molar-refractivity contribution is 6.30. The van der Waals surface area contributed by atoms with Crippen LogP contribution in [0.4, 0.5) is 0 Å². The van der Waals surface area contributed by atoms with Crippen LogP contribution in [-0.2, 0) is 4.79 Å². The number of ether oxygens (including phenoxy) is 1. The zero-order chi connectivity index (χ0) is 13.0. The van der Waals surface area contributed by atoms with Crippen molar-refractivity contribution in [3.8, 4) is 5.75 Å². The number of aliphatic hydroxyl groups is 1. The Kier molecular flexibility index (Phi) is 4.44. The first-order chi connectivity index (χ1) is 8.70. The van der Waals surface area contributed by atoms with Crippen LogP contribution < -0.4 is 4.74 Å². The molecule has 0 spiro atoms.